The van der Waals surface area contributed by atoms with Crippen molar-refractivity contribution in [2.45, 2.75) is 0 Å². The van der Waals surface area contributed by atoms with Gasteiger partial charge in [0.1, 0.15) is 17.3 Å². The number of phenols is 1. The number of nitrogens with zero attached hydrogens (tertiary/aromatic N) is 3. The number of hydrogen-bond donors (Lipinski definition) is 1. The Balaban J connectivity index is 1.46. The number of imidazole rings is 1. The monoisotopic (exact) mass is 591 g/mol. The molecular weight excluding hydrogens is 562 g/mol. The Morgan fingerprint density at radius 3 is 1.65 bits per heavy atom. The summed E-state index contributed by atoms with van der Waals surface area (Å²) in [6, 6.07) is 55.3. The minimum Gasteiger partial charge on any atom is -0.507 e. The molecule has 0 saturated heterocycles. The molecule has 46 heavy (non-hydrogen) atoms. The second-order valence-corrected chi connectivity index (χ2v) is 11.2. The van der Waals surface area contributed by atoms with Gasteiger partial charge < -0.3 is 5.11 Å². The van der Waals surface area contributed by atoms with Crippen LogP contribution in [0, 0.1) is 0 Å². The SMILES string of the molecule is Oc1ccccc1-c1nc(-c2nc(-c3ccccc3)cc3ccccc23)cn1-c1c(-c2ccccc2)cccc1-c1ccccc1. The van der Waals surface area contributed by atoms with Gasteiger partial charge in [-0.05, 0) is 34.7 Å². The Morgan fingerprint density at radius 1 is 0.457 bits per heavy atom. The van der Waals surface area contributed by atoms with Crippen LogP contribution in [0.25, 0.3) is 72.7 Å². The van der Waals surface area contributed by atoms with Gasteiger partial charge in [0.2, 0.25) is 0 Å². The van der Waals surface area contributed by atoms with Gasteiger partial charge in [0.15, 0.2) is 0 Å². The van der Waals surface area contributed by atoms with Crippen molar-refractivity contribution in [2.75, 3.05) is 0 Å². The lowest BCUT2D eigenvalue weighted by molar-refractivity contribution is 0.477. The molecule has 2 aromatic heterocycles. The highest BCUT2D eigenvalue weighted by Crippen LogP contribution is 2.41. The van der Waals surface area contributed by atoms with Gasteiger partial charge in [-0.2, -0.15) is 0 Å². The van der Waals surface area contributed by atoms with E-state index in [4.69, 9.17) is 9.97 Å². The van der Waals surface area contributed by atoms with E-state index in [-0.39, 0.29) is 5.75 Å². The number of rotatable bonds is 6. The van der Waals surface area contributed by atoms with Crippen LogP contribution >= 0.6 is 0 Å². The number of fused-ring (bicyclic) bond motifs is 1. The summed E-state index contributed by atoms with van der Waals surface area (Å²) in [5.74, 6) is 0.792. The topological polar surface area (TPSA) is 50.9 Å². The van der Waals surface area contributed by atoms with Gasteiger partial charge in [-0.3, -0.25) is 4.57 Å². The smallest absolute Gasteiger partial charge is 0.149 e. The first kappa shape index (κ1) is 27.3. The molecule has 2 heterocycles. The molecule has 1 N–H and O–H groups in total. The van der Waals surface area contributed by atoms with Crippen molar-refractivity contribution in [1.82, 2.24) is 14.5 Å². The predicted octanol–water partition coefficient (Wildman–Crippen LogP) is 10.5. The molecule has 8 rings (SSSR count). The average molecular weight is 592 g/mol. The fraction of sp³-hybridized carbons (Fsp3) is 0. The Morgan fingerprint density at radius 2 is 1.00 bits per heavy atom. The number of pyridine rings is 1. The standard InChI is InChI=1S/C42H29N3O/c46-39-26-13-12-23-36(39)42-44-38(40-33-22-11-10-21-32(33)27-37(43-40)31-19-8-3-9-20-31)28-45(42)41-34(29-15-4-1-5-16-29)24-14-25-35(41)30-17-6-2-7-18-30/h1-28,46H. The van der Waals surface area contributed by atoms with Gasteiger partial charge in [-0.1, -0.05) is 146 Å². The quantitative estimate of drug-likeness (QED) is 0.209. The van der Waals surface area contributed by atoms with E-state index in [0.717, 1.165) is 55.7 Å². The fourth-order valence-electron chi connectivity index (χ4n) is 6.17. The maximum absolute atomic E-state index is 11.2. The lowest BCUT2D eigenvalue weighted by atomic mass is 9.95. The highest BCUT2D eigenvalue weighted by molar-refractivity contribution is 5.97. The zero-order valence-corrected chi connectivity index (χ0v) is 25.0. The van der Waals surface area contributed by atoms with Crippen molar-refractivity contribution in [3.05, 3.63) is 170 Å². The first-order chi connectivity index (χ1) is 22.7. The van der Waals surface area contributed by atoms with E-state index in [1.807, 2.05) is 54.6 Å². The molecule has 8 aromatic rings. The lowest BCUT2D eigenvalue weighted by Gasteiger charge is -2.19. The molecule has 0 spiro atoms. The molecule has 0 unspecified atom stereocenters. The van der Waals surface area contributed by atoms with E-state index in [9.17, 15) is 5.11 Å². The van der Waals surface area contributed by atoms with Gasteiger partial charge in [-0.25, -0.2) is 9.97 Å². The van der Waals surface area contributed by atoms with Gasteiger partial charge in [0.25, 0.3) is 0 Å². The molecule has 0 radical (unpaired) electrons. The summed E-state index contributed by atoms with van der Waals surface area (Å²) in [5, 5.41) is 13.3. The summed E-state index contributed by atoms with van der Waals surface area (Å²) in [4.78, 5) is 10.5. The molecule has 0 fully saturated rings. The number of aromatic hydroxyl groups is 1. The Labute approximate surface area is 267 Å². The van der Waals surface area contributed by atoms with Gasteiger partial charge in [-0.15, -0.1) is 0 Å². The molecule has 0 aliphatic heterocycles. The normalized spacial score (nSPS) is 11.1. The highest BCUT2D eigenvalue weighted by atomic mass is 16.3. The summed E-state index contributed by atoms with van der Waals surface area (Å²) in [6.07, 6.45) is 2.07. The number of aromatic nitrogens is 3. The van der Waals surface area contributed by atoms with E-state index >= 15 is 0 Å². The third-order valence-corrected chi connectivity index (χ3v) is 8.35. The summed E-state index contributed by atoms with van der Waals surface area (Å²) < 4.78 is 2.13. The van der Waals surface area contributed by atoms with Crippen molar-refractivity contribution in [3.8, 4) is 67.7 Å². The van der Waals surface area contributed by atoms with Crippen molar-refractivity contribution in [3.63, 3.8) is 0 Å². The van der Waals surface area contributed by atoms with E-state index < -0.39 is 0 Å². The number of phenolic OH excluding ortho intramolecular Hbond substituents is 1. The van der Waals surface area contributed by atoms with E-state index in [1.54, 1.807) is 6.07 Å². The molecule has 218 valence electrons. The van der Waals surface area contributed by atoms with Crippen molar-refractivity contribution >= 4 is 10.8 Å². The molecule has 0 aliphatic carbocycles. The maximum Gasteiger partial charge on any atom is 0.149 e. The Hall–Kier alpha value is -6.26. The largest absolute Gasteiger partial charge is 0.507 e. The second-order valence-electron chi connectivity index (χ2n) is 11.2. The third-order valence-electron chi connectivity index (χ3n) is 8.35. The number of para-hydroxylation sites is 2. The molecule has 0 bridgehead atoms. The Bertz CT molecular complexity index is 2250. The predicted molar refractivity (Wildman–Crippen MR) is 188 cm³/mol. The minimum atomic E-state index is 0.162. The second kappa shape index (κ2) is 11.7. The van der Waals surface area contributed by atoms with Crippen LogP contribution in [-0.4, -0.2) is 19.6 Å². The summed E-state index contributed by atoms with van der Waals surface area (Å²) in [5.41, 5.74) is 9.31. The molecule has 0 saturated carbocycles. The third kappa shape index (κ3) is 4.92. The van der Waals surface area contributed by atoms with Crippen LogP contribution in [-0.2, 0) is 0 Å². The first-order valence-corrected chi connectivity index (χ1v) is 15.3. The molecule has 0 amide bonds. The van der Waals surface area contributed by atoms with E-state index in [2.05, 4.69) is 114 Å². The molecule has 6 aromatic carbocycles. The van der Waals surface area contributed by atoms with Crippen LogP contribution in [0.15, 0.2) is 170 Å². The van der Waals surface area contributed by atoms with Crippen LogP contribution in [0.2, 0.25) is 0 Å². The lowest BCUT2D eigenvalue weighted by Crippen LogP contribution is -2.02. The number of benzene rings is 6. The molecule has 0 atom stereocenters. The van der Waals surface area contributed by atoms with E-state index in [1.165, 1.54) is 0 Å². The Kier molecular flexibility index (Phi) is 6.93. The van der Waals surface area contributed by atoms with Crippen molar-refractivity contribution in [2.24, 2.45) is 0 Å². The van der Waals surface area contributed by atoms with Crippen LogP contribution in [0.3, 0.4) is 0 Å². The van der Waals surface area contributed by atoms with Crippen molar-refractivity contribution < 1.29 is 5.11 Å². The summed E-state index contributed by atoms with van der Waals surface area (Å²) in [6.45, 7) is 0. The van der Waals surface area contributed by atoms with Crippen LogP contribution in [0.1, 0.15) is 0 Å². The zero-order chi connectivity index (χ0) is 30.9. The fourth-order valence-corrected chi connectivity index (χ4v) is 6.17. The number of hydrogen-bond acceptors (Lipinski definition) is 3. The molecule has 4 nitrogen and oxygen atoms in total. The maximum atomic E-state index is 11.2. The zero-order valence-electron chi connectivity index (χ0n) is 25.0. The molecule has 0 aliphatic rings. The average Bonchev–Trinajstić information content (AvgIpc) is 3.57. The van der Waals surface area contributed by atoms with Crippen LogP contribution in [0.4, 0.5) is 0 Å². The summed E-state index contributed by atoms with van der Waals surface area (Å²) >= 11 is 0. The van der Waals surface area contributed by atoms with E-state index in [0.29, 0.717) is 17.1 Å². The van der Waals surface area contributed by atoms with Gasteiger partial charge in [0.05, 0.1) is 22.6 Å². The summed E-state index contributed by atoms with van der Waals surface area (Å²) in [7, 11) is 0. The van der Waals surface area contributed by atoms with Gasteiger partial charge >= 0.3 is 0 Å². The highest BCUT2D eigenvalue weighted by Gasteiger charge is 2.23. The van der Waals surface area contributed by atoms with Gasteiger partial charge in [0, 0.05) is 28.3 Å². The first-order valence-electron chi connectivity index (χ1n) is 15.3. The molecule has 4 heteroatoms. The van der Waals surface area contributed by atoms with Crippen molar-refractivity contribution in [1.29, 1.82) is 0 Å². The molecular formula is C42H29N3O. The minimum absolute atomic E-state index is 0.162. The van der Waals surface area contributed by atoms with Crippen LogP contribution < -0.4 is 0 Å². The van der Waals surface area contributed by atoms with Crippen LogP contribution in [0.5, 0.6) is 5.75 Å².